The van der Waals surface area contributed by atoms with E-state index < -0.39 is 17.8 Å². The molecule has 40 heavy (non-hydrogen) atoms. The Balaban J connectivity index is 0.00000216. The third-order valence-corrected chi connectivity index (χ3v) is 5.95. The van der Waals surface area contributed by atoms with Crippen LogP contribution in [0.5, 0.6) is 0 Å². The Morgan fingerprint density at radius 1 is 1.05 bits per heavy atom. The molecule has 10 heteroatoms. The highest BCUT2D eigenvalue weighted by molar-refractivity contribution is 5.94. The zero-order valence-electron chi connectivity index (χ0n) is 23.5. The molecule has 0 amide bonds. The van der Waals surface area contributed by atoms with Crippen molar-refractivity contribution in [3.8, 4) is 22.8 Å². The number of carbonyl (C=O) groups is 1. The smallest absolute Gasteiger partial charge is 0.434 e. The van der Waals surface area contributed by atoms with Crippen LogP contribution in [-0.4, -0.2) is 32.1 Å². The highest BCUT2D eigenvalue weighted by Crippen LogP contribution is 2.31. The number of aryl methyl sites for hydroxylation is 1. The summed E-state index contributed by atoms with van der Waals surface area (Å²) in [6.07, 6.45) is -2.09. The highest BCUT2D eigenvalue weighted by atomic mass is 19.4. The Kier molecular flexibility index (Phi) is 10.0. The van der Waals surface area contributed by atoms with E-state index in [0.29, 0.717) is 23.8 Å². The zero-order valence-corrected chi connectivity index (χ0v) is 23.5. The van der Waals surface area contributed by atoms with Gasteiger partial charge in [0, 0.05) is 37.1 Å². The minimum absolute atomic E-state index is 0.209. The van der Waals surface area contributed by atoms with Gasteiger partial charge in [0.25, 0.3) is 0 Å². The molecule has 2 heterocycles. The van der Waals surface area contributed by atoms with Gasteiger partial charge < -0.3 is 14.6 Å². The number of alkyl halides is 3. The molecule has 0 bridgehead atoms. The molecule has 0 saturated carbocycles. The molecule has 0 aliphatic rings. The van der Waals surface area contributed by atoms with Crippen molar-refractivity contribution in [1.82, 2.24) is 19.5 Å². The molecule has 0 aliphatic carbocycles. The van der Waals surface area contributed by atoms with E-state index in [4.69, 9.17) is 4.74 Å². The van der Waals surface area contributed by atoms with Crippen LogP contribution in [-0.2, 0) is 24.5 Å². The van der Waals surface area contributed by atoms with Gasteiger partial charge in [-0.1, -0.05) is 76.2 Å². The monoisotopic (exact) mass is 553 g/mol. The molecular formula is C30H34F3N5O2. The minimum Gasteiger partial charge on any atom is -0.462 e. The standard InChI is InChI=1S/C28H28F3N5O2.C2H6/c1-5-38-27(37)22-15-33-24(21-9-7-6-8-20(21)17(2)3)35-25(22)32-14-18-10-12-19(13-11-18)26-34-23(16-36(26)4)28(29,30)31;1-2/h6-13,15-17H,5,14H2,1-4H3,(H,32,33,35);1-2H3. The van der Waals surface area contributed by atoms with Crippen LogP contribution in [0.4, 0.5) is 19.0 Å². The predicted octanol–water partition coefficient (Wildman–Crippen LogP) is 7.50. The predicted molar refractivity (Wildman–Crippen MR) is 150 cm³/mol. The van der Waals surface area contributed by atoms with Crippen LogP contribution in [0.25, 0.3) is 22.8 Å². The quantitative estimate of drug-likeness (QED) is 0.228. The van der Waals surface area contributed by atoms with Crippen LogP contribution in [0.2, 0.25) is 0 Å². The molecule has 0 fully saturated rings. The number of rotatable bonds is 8. The zero-order chi connectivity index (χ0) is 29.4. The summed E-state index contributed by atoms with van der Waals surface area (Å²) in [7, 11) is 1.52. The second kappa shape index (κ2) is 13.2. The molecule has 0 atom stereocenters. The van der Waals surface area contributed by atoms with E-state index >= 15 is 0 Å². The Hall–Kier alpha value is -4.21. The van der Waals surface area contributed by atoms with Crippen molar-refractivity contribution in [3.63, 3.8) is 0 Å². The summed E-state index contributed by atoms with van der Waals surface area (Å²) in [5.41, 5.74) is 2.61. The average molecular weight is 554 g/mol. The summed E-state index contributed by atoms with van der Waals surface area (Å²) in [6, 6.07) is 14.8. The number of hydrogen-bond donors (Lipinski definition) is 1. The topological polar surface area (TPSA) is 81.9 Å². The fraction of sp³-hybridized carbons (Fsp3) is 0.333. The largest absolute Gasteiger partial charge is 0.462 e. The van der Waals surface area contributed by atoms with Crippen LogP contribution >= 0.6 is 0 Å². The maximum Gasteiger partial charge on any atom is 0.434 e. The molecule has 4 aromatic rings. The fourth-order valence-corrected chi connectivity index (χ4v) is 4.04. The van der Waals surface area contributed by atoms with Gasteiger partial charge in [0.1, 0.15) is 17.2 Å². The number of nitrogens with zero attached hydrogens (tertiary/aromatic N) is 4. The van der Waals surface area contributed by atoms with Crippen molar-refractivity contribution >= 4 is 11.8 Å². The van der Waals surface area contributed by atoms with E-state index in [1.165, 1.54) is 17.8 Å². The van der Waals surface area contributed by atoms with Gasteiger partial charge in [-0.15, -0.1) is 0 Å². The molecular weight excluding hydrogens is 519 g/mol. The van der Waals surface area contributed by atoms with Gasteiger partial charge in [-0.25, -0.2) is 19.7 Å². The van der Waals surface area contributed by atoms with Crippen molar-refractivity contribution < 1.29 is 22.7 Å². The first kappa shape index (κ1) is 30.3. The lowest BCUT2D eigenvalue weighted by Gasteiger charge is -2.15. The number of benzene rings is 2. The van der Waals surface area contributed by atoms with Gasteiger partial charge in [-0.3, -0.25) is 0 Å². The first-order valence-corrected chi connectivity index (χ1v) is 13.2. The summed E-state index contributed by atoms with van der Waals surface area (Å²) in [4.78, 5) is 25.4. The number of esters is 1. The Labute approximate surface area is 232 Å². The SMILES string of the molecule is CC.CCOC(=O)c1cnc(-c2ccccc2C(C)C)nc1NCc1ccc(-c2nc(C(F)(F)F)cn2C)cc1. The van der Waals surface area contributed by atoms with Gasteiger partial charge in [0.2, 0.25) is 0 Å². The summed E-state index contributed by atoms with van der Waals surface area (Å²) < 4.78 is 45.6. The molecule has 0 saturated heterocycles. The second-order valence-corrected chi connectivity index (χ2v) is 9.03. The van der Waals surface area contributed by atoms with Crippen LogP contribution in [0.15, 0.2) is 60.9 Å². The Bertz CT molecular complexity index is 1430. The number of imidazole rings is 1. The maximum absolute atomic E-state index is 13.0. The van der Waals surface area contributed by atoms with E-state index in [0.717, 1.165) is 22.9 Å². The maximum atomic E-state index is 13.0. The third-order valence-electron chi connectivity index (χ3n) is 5.95. The number of nitrogens with one attached hydrogen (secondary N) is 1. The number of hydrogen-bond acceptors (Lipinski definition) is 6. The first-order chi connectivity index (χ1) is 19.1. The number of anilines is 1. The normalized spacial score (nSPS) is 11.2. The molecule has 0 radical (unpaired) electrons. The highest BCUT2D eigenvalue weighted by Gasteiger charge is 2.34. The van der Waals surface area contributed by atoms with Crippen molar-refractivity contribution in [2.24, 2.45) is 7.05 Å². The van der Waals surface area contributed by atoms with E-state index in [2.05, 4.69) is 34.1 Å². The molecule has 2 aromatic carbocycles. The molecule has 2 aromatic heterocycles. The third kappa shape index (κ3) is 7.05. The Morgan fingerprint density at radius 3 is 2.33 bits per heavy atom. The van der Waals surface area contributed by atoms with Crippen LogP contribution in [0, 0.1) is 0 Å². The lowest BCUT2D eigenvalue weighted by molar-refractivity contribution is -0.140. The molecule has 0 unspecified atom stereocenters. The molecule has 7 nitrogen and oxygen atoms in total. The number of carbonyl (C=O) groups excluding carboxylic acids is 1. The van der Waals surface area contributed by atoms with E-state index in [1.807, 2.05) is 38.1 Å². The van der Waals surface area contributed by atoms with Gasteiger partial charge >= 0.3 is 12.1 Å². The minimum atomic E-state index is -4.51. The van der Waals surface area contributed by atoms with Crippen molar-refractivity contribution in [2.45, 2.75) is 53.3 Å². The second-order valence-electron chi connectivity index (χ2n) is 9.03. The average Bonchev–Trinajstić information content (AvgIpc) is 3.35. The summed E-state index contributed by atoms with van der Waals surface area (Å²) >= 11 is 0. The van der Waals surface area contributed by atoms with Crippen LogP contribution < -0.4 is 5.32 Å². The summed E-state index contributed by atoms with van der Waals surface area (Å²) in [5, 5.41) is 3.20. The number of ether oxygens (including phenoxy) is 1. The molecule has 0 spiro atoms. The lowest BCUT2D eigenvalue weighted by Crippen LogP contribution is -2.13. The molecule has 1 N–H and O–H groups in total. The van der Waals surface area contributed by atoms with E-state index in [1.54, 1.807) is 31.2 Å². The fourth-order valence-electron chi connectivity index (χ4n) is 4.04. The lowest BCUT2D eigenvalue weighted by atomic mass is 9.97. The summed E-state index contributed by atoms with van der Waals surface area (Å²) in [5.74, 6) is 0.737. The number of halogens is 3. The molecule has 4 rings (SSSR count). The van der Waals surface area contributed by atoms with Crippen molar-refractivity contribution in [1.29, 1.82) is 0 Å². The van der Waals surface area contributed by atoms with E-state index in [9.17, 15) is 18.0 Å². The van der Waals surface area contributed by atoms with Crippen LogP contribution in [0.3, 0.4) is 0 Å². The van der Waals surface area contributed by atoms with Gasteiger partial charge in [-0.05, 0) is 24.0 Å². The molecule has 0 aliphatic heterocycles. The number of aromatic nitrogens is 4. The van der Waals surface area contributed by atoms with Gasteiger partial charge in [0.05, 0.1) is 6.61 Å². The molecule has 212 valence electrons. The Morgan fingerprint density at radius 2 is 1.73 bits per heavy atom. The first-order valence-electron chi connectivity index (χ1n) is 13.2. The van der Waals surface area contributed by atoms with Crippen molar-refractivity contribution in [2.75, 3.05) is 11.9 Å². The van der Waals surface area contributed by atoms with Gasteiger partial charge in [0.15, 0.2) is 11.5 Å². The van der Waals surface area contributed by atoms with Crippen LogP contribution in [0.1, 0.15) is 67.7 Å². The van der Waals surface area contributed by atoms with Gasteiger partial charge in [-0.2, -0.15) is 13.2 Å². The van der Waals surface area contributed by atoms with Crippen molar-refractivity contribution in [3.05, 3.63) is 83.3 Å². The summed E-state index contributed by atoms with van der Waals surface area (Å²) in [6.45, 7) is 10.4. The van der Waals surface area contributed by atoms with E-state index in [-0.39, 0.29) is 23.9 Å².